The number of unbranched alkanes of at least 4 members (excludes halogenated alkanes) is 23. The third kappa shape index (κ3) is 38.7. The normalized spacial score (nSPS) is 14.3. The van der Waals surface area contributed by atoms with Crippen LogP contribution in [-0.2, 0) is 27.9 Å². The summed E-state index contributed by atoms with van der Waals surface area (Å²) in [5.74, 6) is -0.388. The topological polar surface area (TPSA) is 132 Å². The van der Waals surface area contributed by atoms with E-state index in [0.717, 1.165) is 51.4 Å². The molecule has 0 aliphatic heterocycles. The summed E-state index contributed by atoms with van der Waals surface area (Å²) in [6.07, 6.45) is 39.8. The van der Waals surface area contributed by atoms with Gasteiger partial charge >= 0.3 is 13.8 Å². The molecule has 0 spiro atoms. The number of carbonyl (C=O) groups is 1. The summed E-state index contributed by atoms with van der Waals surface area (Å²) < 4.78 is 33.3. The van der Waals surface area contributed by atoms with Gasteiger partial charge in [-0.15, -0.1) is 0 Å². The van der Waals surface area contributed by atoms with E-state index in [0.29, 0.717) is 6.61 Å². The molecule has 0 amide bonds. The van der Waals surface area contributed by atoms with Gasteiger partial charge in [-0.05, 0) is 44.9 Å². The molecule has 3 N–H and O–H groups in total. The first-order valence-electron chi connectivity index (χ1n) is 21.3. The van der Waals surface area contributed by atoms with E-state index in [1.54, 1.807) is 0 Å². The molecule has 0 aromatic rings. The maximum atomic E-state index is 12.6. The van der Waals surface area contributed by atoms with Gasteiger partial charge in [0.05, 0.1) is 26.4 Å². The van der Waals surface area contributed by atoms with Gasteiger partial charge in [-0.2, -0.15) is 0 Å². The molecule has 0 aromatic carbocycles. The molecule has 0 aliphatic carbocycles. The Kier molecular flexibility index (Phi) is 38.8. The lowest BCUT2D eigenvalue weighted by atomic mass is 10.0. The molecular weight excluding hydrogens is 679 g/mol. The van der Waals surface area contributed by atoms with Gasteiger partial charge in [0.25, 0.3) is 0 Å². The van der Waals surface area contributed by atoms with Gasteiger partial charge in [-0.25, -0.2) is 4.57 Å². The molecule has 0 saturated heterocycles. The second-order valence-electron chi connectivity index (χ2n) is 14.4. The Hall–Kier alpha value is -1.06. The zero-order chi connectivity index (χ0) is 38.2. The number of hydrogen-bond acceptors (Lipinski definition) is 8. The van der Waals surface area contributed by atoms with E-state index < -0.39 is 33.2 Å². The Labute approximate surface area is 319 Å². The maximum absolute atomic E-state index is 12.6. The number of rotatable bonds is 41. The molecule has 308 valence electrons. The molecule has 0 rings (SSSR count). The fraction of sp³-hybridized carbons (Fsp3) is 0.881. The number of phosphoric acid groups is 1. The summed E-state index contributed by atoms with van der Waals surface area (Å²) in [4.78, 5) is 22.5. The summed E-state index contributed by atoms with van der Waals surface area (Å²) in [5, 5.41) is 18.3. The van der Waals surface area contributed by atoms with Gasteiger partial charge in [-0.3, -0.25) is 13.8 Å². The van der Waals surface area contributed by atoms with Crippen molar-refractivity contribution in [3.05, 3.63) is 24.3 Å². The minimum absolute atomic E-state index is 0.0500. The average molecular weight is 761 g/mol. The van der Waals surface area contributed by atoms with Crippen molar-refractivity contribution in [2.75, 3.05) is 33.0 Å². The van der Waals surface area contributed by atoms with Crippen LogP contribution in [-0.4, -0.2) is 66.3 Å². The van der Waals surface area contributed by atoms with Gasteiger partial charge in [0.1, 0.15) is 12.2 Å². The smallest absolute Gasteiger partial charge is 0.457 e. The van der Waals surface area contributed by atoms with Gasteiger partial charge in [0, 0.05) is 13.0 Å². The first kappa shape index (κ1) is 50.9. The standard InChI is InChI=1S/C42H81O9P/c1-3-5-7-9-11-13-15-17-19-20-21-22-24-26-28-30-32-34-42(45)51-41(39-50-52(46,47)49-37-40(44)36-43)38-48-35-33-31-29-27-25-23-18-16-14-12-10-8-6-4-2/h11,13,17,19,40-41,43-44H,3-10,12,14-16,18,20-39H2,1-2H3,(H,46,47)/b13-11-,19-17-. The summed E-state index contributed by atoms with van der Waals surface area (Å²) in [7, 11) is -4.51. The monoisotopic (exact) mass is 761 g/mol. The van der Waals surface area contributed by atoms with Crippen molar-refractivity contribution in [3.63, 3.8) is 0 Å². The number of phosphoric ester groups is 1. The highest BCUT2D eigenvalue weighted by atomic mass is 31.2. The zero-order valence-electron chi connectivity index (χ0n) is 33.5. The van der Waals surface area contributed by atoms with Crippen molar-refractivity contribution in [1.82, 2.24) is 0 Å². The lowest BCUT2D eigenvalue weighted by molar-refractivity contribution is -0.154. The Morgan fingerprint density at radius 3 is 1.58 bits per heavy atom. The molecule has 0 aliphatic rings. The SMILES string of the molecule is CCCCC/C=C\C/C=C\CCCCCCCCCC(=O)OC(COCCCCCCCCCCCCCCCC)COP(=O)(O)OCC(O)CO. The van der Waals surface area contributed by atoms with Crippen LogP contribution in [0.1, 0.15) is 194 Å². The number of carbonyl (C=O) groups excluding carboxylic acids is 1. The molecule has 9 nitrogen and oxygen atoms in total. The van der Waals surface area contributed by atoms with Crippen LogP contribution in [0.3, 0.4) is 0 Å². The van der Waals surface area contributed by atoms with E-state index in [9.17, 15) is 19.4 Å². The van der Waals surface area contributed by atoms with E-state index >= 15 is 0 Å². The highest BCUT2D eigenvalue weighted by Gasteiger charge is 2.26. The molecule has 52 heavy (non-hydrogen) atoms. The van der Waals surface area contributed by atoms with Crippen LogP contribution in [0.4, 0.5) is 0 Å². The van der Waals surface area contributed by atoms with E-state index in [4.69, 9.17) is 23.6 Å². The van der Waals surface area contributed by atoms with Crippen LogP contribution in [0.5, 0.6) is 0 Å². The number of esters is 1. The summed E-state index contributed by atoms with van der Waals surface area (Å²) in [6.45, 7) is 3.51. The van der Waals surface area contributed by atoms with Crippen molar-refractivity contribution in [1.29, 1.82) is 0 Å². The largest absolute Gasteiger partial charge is 0.472 e. The van der Waals surface area contributed by atoms with Crippen LogP contribution in [0, 0.1) is 0 Å². The zero-order valence-corrected chi connectivity index (χ0v) is 34.4. The predicted octanol–water partition coefficient (Wildman–Crippen LogP) is 11.5. The Bertz CT molecular complexity index is 866. The fourth-order valence-electron chi connectivity index (χ4n) is 5.86. The minimum atomic E-state index is -4.51. The third-order valence-electron chi connectivity index (χ3n) is 9.14. The second kappa shape index (κ2) is 39.6. The Morgan fingerprint density at radius 1 is 0.596 bits per heavy atom. The van der Waals surface area contributed by atoms with Crippen LogP contribution < -0.4 is 0 Å². The minimum Gasteiger partial charge on any atom is -0.457 e. The van der Waals surface area contributed by atoms with E-state index in [1.807, 2.05) is 0 Å². The molecule has 0 radical (unpaired) electrons. The number of ether oxygens (including phenoxy) is 2. The lowest BCUT2D eigenvalue weighted by Crippen LogP contribution is -2.29. The van der Waals surface area contributed by atoms with Crippen molar-refractivity contribution < 1.29 is 43.0 Å². The molecule has 0 heterocycles. The van der Waals surface area contributed by atoms with Crippen molar-refractivity contribution in [3.8, 4) is 0 Å². The lowest BCUT2D eigenvalue weighted by Gasteiger charge is -2.20. The molecule has 10 heteroatoms. The van der Waals surface area contributed by atoms with Crippen LogP contribution >= 0.6 is 7.82 Å². The number of hydrogen-bond donors (Lipinski definition) is 3. The number of aliphatic hydroxyl groups excluding tert-OH is 2. The van der Waals surface area contributed by atoms with Crippen LogP contribution in [0.25, 0.3) is 0 Å². The van der Waals surface area contributed by atoms with E-state index in [1.165, 1.54) is 122 Å². The van der Waals surface area contributed by atoms with Crippen molar-refractivity contribution >= 4 is 13.8 Å². The predicted molar refractivity (Wildman–Crippen MR) is 214 cm³/mol. The van der Waals surface area contributed by atoms with Crippen molar-refractivity contribution in [2.24, 2.45) is 0 Å². The molecule has 3 unspecified atom stereocenters. The first-order chi connectivity index (χ1) is 25.3. The summed E-state index contributed by atoms with van der Waals surface area (Å²) in [6, 6.07) is 0. The fourth-order valence-corrected chi connectivity index (χ4v) is 6.65. The van der Waals surface area contributed by atoms with Gasteiger partial charge < -0.3 is 24.6 Å². The molecule has 0 fully saturated rings. The number of allylic oxidation sites excluding steroid dienone is 4. The quantitative estimate of drug-likeness (QED) is 0.0241. The molecular formula is C42H81O9P. The second-order valence-corrected chi connectivity index (χ2v) is 15.8. The first-order valence-corrected chi connectivity index (χ1v) is 22.8. The molecule has 0 aromatic heterocycles. The highest BCUT2D eigenvalue weighted by molar-refractivity contribution is 7.47. The Balaban J connectivity index is 4.18. The van der Waals surface area contributed by atoms with E-state index in [-0.39, 0.29) is 25.6 Å². The number of aliphatic hydroxyl groups is 2. The van der Waals surface area contributed by atoms with Crippen LogP contribution in [0.2, 0.25) is 0 Å². The maximum Gasteiger partial charge on any atom is 0.472 e. The summed E-state index contributed by atoms with van der Waals surface area (Å²) >= 11 is 0. The molecule has 3 atom stereocenters. The van der Waals surface area contributed by atoms with Crippen molar-refractivity contribution in [2.45, 2.75) is 206 Å². The molecule has 0 bridgehead atoms. The molecule has 0 saturated carbocycles. The third-order valence-corrected chi connectivity index (χ3v) is 10.1. The average Bonchev–Trinajstić information content (AvgIpc) is 3.13. The van der Waals surface area contributed by atoms with Gasteiger partial charge in [-0.1, -0.05) is 167 Å². The Morgan fingerprint density at radius 2 is 1.04 bits per heavy atom. The van der Waals surface area contributed by atoms with E-state index in [2.05, 4.69) is 38.2 Å². The van der Waals surface area contributed by atoms with Gasteiger partial charge in [0.2, 0.25) is 0 Å². The highest BCUT2D eigenvalue weighted by Crippen LogP contribution is 2.43. The van der Waals surface area contributed by atoms with Crippen LogP contribution in [0.15, 0.2) is 24.3 Å². The summed E-state index contributed by atoms with van der Waals surface area (Å²) in [5.41, 5.74) is 0. The van der Waals surface area contributed by atoms with Gasteiger partial charge in [0.15, 0.2) is 0 Å².